The van der Waals surface area contributed by atoms with E-state index in [-0.39, 0.29) is 0 Å². The third kappa shape index (κ3) is 5.39. The highest BCUT2D eigenvalue weighted by molar-refractivity contribution is 6.10. The van der Waals surface area contributed by atoms with Crippen molar-refractivity contribution in [3.05, 3.63) is 198 Å². The third-order valence-electron chi connectivity index (χ3n) is 10.1. The molecule has 2 nitrogen and oxygen atoms in total. The Morgan fingerprint density at radius 1 is 0.451 bits per heavy atom. The van der Waals surface area contributed by atoms with Gasteiger partial charge in [0.2, 0.25) is 0 Å². The number of allylic oxidation sites excluding steroid dienone is 2. The lowest BCUT2D eigenvalue weighted by Crippen LogP contribution is -2.27. The average molecular weight is 653 g/mol. The van der Waals surface area contributed by atoms with Gasteiger partial charge in [-0.2, -0.15) is 0 Å². The molecule has 9 aromatic rings. The van der Waals surface area contributed by atoms with Gasteiger partial charge in [-0.25, -0.2) is 0 Å². The molecule has 2 heterocycles. The highest BCUT2D eigenvalue weighted by Gasteiger charge is 2.14. The van der Waals surface area contributed by atoms with E-state index in [0.717, 1.165) is 27.2 Å². The molecule has 0 spiro atoms. The van der Waals surface area contributed by atoms with E-state index >= 15 is 0 Å². The molecule has 2 heteroatoms. The van der Waals surface area contributed by atoms with Crippen LogP contribution in [0.25, 0.3) is 84.6 Å². The maximum absolute atomic E-state index is 4.67. The summed E-state index contributed by atoms with van der Waals surface area (Å²) in [6.45, 7) is 6.87. The number of nitrogens with zero attached hydrogens (tertiary/aromatic N) is 2. The molecular formula is C49H36N2. The first-order valence-corrected chi connectivity index (χ1v) is 17.5. The van der Waals surface area contributed by atoms with Gasteiger partial charge >= 0.3 is 0 Å². The van der Waals surface area contributed by atoms with E-state index in [1.54, 1.807) is 0 Å². The normalized spacial score (nSPS) is 12.3. The van der Waals surface area contributed by atoms with Gasteiger partial charge in [0, 0.05) is 32.8 Å². The maximum Gasteiger partial charge on any atom is 0.0541 e. The van der Waals surface area contributed by atoms with Crippen molar-refractivity contribution in [2.45, 2.75) is 6.92 Å². The molecule has 0 aliphatic rings. The molecule has 2 aromatic heterocycles. The standard InChI is InChI=1S/C49H36N2/c1-34(39-25-30-49-45(32-39)43-20-12-13-21-47(43)51(49)41-18-10-5-11-19-41)22-29-46-35(2)44-33-40(37-16-8-4-9-17-37)26-31-48(44)50(46)42-27-23-38(24-28-42)36-14-6-3-7-15-36/h3-33H,2H2,1H3/b34-22+,46-29+. The molecule has 7 aromatic carbocycles. The minimum Gasteiger partial charge on any atom is -0.309 e. The van der Waals surface area contributed by atoms with E-state index in [4.69, 9.17) is 0 Å². The van der Waals surface area contributed by atoms with Crippen LogP contribution in [0.2, 0.25) is 0 Å². The summed E-state index contributed by atoms with van der Waals surface area (Å²) in [6.07, 6.45) is 4.48. The molecule has 51 heavy (non-hydrogen) atoms. The van der Waals surface area contributed by atoms with Gasteiger partial charge < -0.3 is 9.13 Å². The molecule has 0 N–H and O–H groups in total. The number of benzene rings is 7. The Balaban J connectivity index is 1.20. The van der Waals surface area contributed by atoms with E-state index < -0.39 is 0 Å². The van der Waals surface area contributed by atoms with Crippen molar-refractivity contribution in [3.8, 4) is 33.6 Å². The smallest absolute Gasteiger partial charge is 0.0541 e. The summed E-state index contributed by atoms with van der Waals surface area (Å²) in [4.78, 5) is 0. The van der Waals surface area contributed by atoms with Crippen LogP contribution in [0.4, 0.5) is 0 Å². The van der Waals surface area contributed by atoms with E-state index in [0.29, 0.717) is 0 Å². The second kappa shape index (κ2) is 12.7. The van der Waals surface area contributed by atoms with Gasteiger partial charge in [-0.1, -0.05) is 134 Å². The molecule has 0 aliphatic heterocycles. The van der Waals surface area contributed by atoms with Gasteiger partial charge in [-0.3, -0.25) is 0 Å². The van der Waals surface area contributed by atoms with Crippen molar-refractivity contribution in [2.24, 2.45) is 0 Å². The third-order valence-corrected chi connectivity index (χ3v) is 10.1. The summed E-state index contributed by atoms with van der Waals surface area (Å²) < 4.78 is 4.71. The molecule has 0 atom stereocenters. The quantitative estimate of drug-likeness (QED) is 0.169. The Hall–Kier alpha value is -6.64. The van der Waals surface area contributed by atoms with E-state index in [2.05, 4.69) is 211 Å². The topological polar surface area (TPSA) is 9.86 Å². The van der Waals surface area contributed by atoms with Crippen molar-refractivity contribution < 1.29 is 0 Å². The van der Waals surface area contributed by atoms with Gasteiger partial charge in [0.05, 0.1) is 21.9 Å². The number of hydrogen-bond donors (Lipinski definition) is 0. The van der Waals surface area contributed by atoms with Crippen LogP contribution in [0.3, 0.4) is 0 Å². The summed E-state index contributed by atoms with van der Waals surface area (Å²) in [7, 11) is 0. The zero-order chi connectivity index (χ0) is 34.3. The predicted molar refractivity (Wildman–Crippen MR) is 218 cm³/mol. The second-order valence-electron chi connectivity index (χ2n) is 13.1. The second-order valence-corrected chi connectivity index (χ2v) is 13.1. The van der Waals surface area contributed by atoms with Crippen LogP contribution >= 0.6 is 0 Å². The molecule has 9 rings (SSSR count). The number of aromatic nitrogens is 2. The van der Waals surface area contributed by atoms with E-state index in [9.17, 15) is 0 Å². The fourth-order valence-corrected chi connectivity index (χ4v) is 7.45. The minimum absolute atomic E-state index is 1.01. The van der Waals surface area contributed by atoms with Crippen molar-refractivity contribution in [3.63, 3.8) is 0 Å². The van der Waals surface area contributed by atoms with Gasteiger partial charge in [-0.15, -0.1) is 0 Å². The lowest BCUT2D eigenvalue weighted by atomic mass is 10.0. The van der Waals surface area contributed by atoms with E-state index in [1.807, 2.05) is 0 Å². The first kappa shape index (κ1) is 30.4. The van der Waals surface area contributed by atoms with Gasteiger partial charge in [0.15, 0.2) is 0 Å². The summed E-state index contributed by atoms with van der Waals surface area (Å²) in [5.74, 6) is 0. The molecule has 0 bridgehead atoms. The van der Waals surface area contributed by atoms with E-state index in [1.165, 1.54) is 60.9 Å². The Labute approximate surface area is 297 Å². The Bertz CT molecular complexity index is 2840. The predicted octanol–water partition coefficient (Wildman–Crippen LogP) is 11.4. The lowest BCUT2D eigenvalue weighted by molar-refractivity contribution is 1.07. The lowest BCUT2D eigenvalue weighted by Gasteiger charge is -2.10. The molecule has 0 fully saturated rings. The highest BCUT2D eigenvalue weighted by Crippen LogP contribution is 2.34. The number of hydrogen-bond acceptors (Lipinski definition) is 0. The van der Waals surface area contributed by atoms with Crippen molar-refractivity contribution in [1.29, 1.82) is 0 Å². The molecular weight excluding hydrogens is 617 g/mol. The fraction of sp³-hybridized carbons (Fsp3) is 0.0204. The van der Waals surface area contributed by atoms with Crippen LogP contribution in [0.15, 0.2) is 182 Å². The fourth-order valence-electron chi connectivity index (χ4n) is 7.45. The average Bonchev–Trinajstić information content (AvgIpc) is 3.68. The molecule has 0 unspecified atom stereocenters. The van der Waals surface area contributed by atoms with Crippen LogP contribution in [0, 0.1) is 0 Å². The van der Waals surface area contributed by atoms with Gasteiger partial charge in [0.25, 0.3) is 0 Å². The number of rotatable bonds is 6. The zero-order valence-electron chi connectivity index (χ0n) is 28.5. The van der Waals surface area contributed by atoms with Crippen LogP contribution in [0.1, 0.15) is 12.5 Å². The SMILES string of the molecule is C=c1/c(=C\C=C(/C)c2ccc3c(c2)c2ccccc2n3-c2ccccc2)n(-c2ccc(-c3ccccc3)cc2)c2ccc(-c3ccccc3)cc12. The molecule has 0 amide bonds. The Morgan fingerprint density at radius 3 is 1.71 bits per heavy atom. The largest absolute Gasteiger partial charge is 0.309 e. The molecule has 242 valence electrons. The molecule has 0 aliphatic carbocycles. The molecule has 0 radical (unpaired) electrons. The molecule has 0 saturated carbocycles. The number of para-hydroxylation sites is 2. The van der Waals surface area contributed by atoms with Gasteiger partial charge in [-0.05, 0) is 101 Å². The maximum atomic E-state index is 4.67. The van der Waals surface area contributed by atoms with Crippen LogP contribution in [0.5, 0.6) is 0 Å². The minimum atomic E-state index is 1.01. The number of fused-ring (bicyclic) bond motifs is 4. The monoisotopic (exact) mass is 652 g/mol. The van der Waals surface area contributed by atoms with Crippen molar-refractivity contribution >= 4 is 50.9 Å². The van der Waals surface area contributed by atoms with Crippen LogP contribution in [-0.4, -0.2) is 9.13 Å². The zero-order valence-corrected chi connectivity index (χ0v) is 28.5. The Kier molecular flexibility index (Phi) is 7.56. The Morgan fingerprint density at radius 2 is 0.980 bits per heavy atom. The van der Waals surface area contributed by atoms with Crippen LogP contribution < -0.4 is 10.6 Å². The molecule has 0 saturated heterocycles. The summed E-state index contributed by atoms with van der Waals surface area (Å²) in [5.41, 5.74) is 13.0. The summed E-state index contributed by atoms with van der Waals surface area (Å²) >= 11 is 0. The first-order chi connectivity index (χ1) is 25.1. The summed E-state index contributed by atoms with van der Waals surface area (Å²) in [6, 6.07) is 62.9. The van der Waals surface area contributed by atoms with Gasteiger partial charge in [0.1, 0.15) is 0 Å². The van der Waals surface area contributed by atoms with Crippen LogP contribution in [-0.2, 0) is 0 Å². The summed E-state index contributed by atoms with van der Waals surface area (Å²) in [5, 5.41) is 5.74. The first-order valence-electron chi connectivity index (χ1n) is 17.5. The van der Waals surface area contributed by atoms with Crippen molar-refractivity contribution in [1.82, 2.24) is 9.13 Å². The van der Waals surface area contributed by atoms with Crippen molar-refractivity contribution in [2.75, 3.05) is 0 Å². The highest BCUT2D eigenvalue weighted by atomic mass is 15.0.